The Hall–Kier alpha value is -3.87. The van der Waals surface area contributed by atoms with E-state index in [-0.39, 0.29) is 47.8 Å². The molecule has 0 spiro atoms. The predicted molar refractivity (Wildman–Crippen MR) is 137 cm³/mol. The Labute approximate surface area is 218 Å². The van der Waals surface area contributed by atoms with Crippen molar-refractivity contribution in [3.63, 3.8) is 0 Å². The van der Waals surface area contributed by atoms with Crippen molar-refractivity contribution < 1.29 is 32.1 Å². The fourth-order valence-corrected chi connectivity index (χ4v) is 5.40. The fraction of sp³-hybridized carbons (Fsp3) is 0.360. The van der Waals surface area contributed by atoms with Crippen molar-refractivity contribution in [3.05, 3.63) is 53.7 Å². The van der Waals surface area contributed by atoms with Gasteiger partial charge in [-0.05, 0) is 37.1 Å². The maximum absolute atomic E-state index is 14.1. The van der Waals surface area contributed by atoms with E-state index in [1.54, 1.807) is 24.8 Å². The zero-order valence-electron chi connectivity index (χ0n) is 21.0. The number of oxazole rings is 1. The molecule has 4 rings (SSSR count). The topological polar surface area (TPSA) is 138 Å². The Morgan fingerprint density at radius 3 is 2.63 bits per heavy atom. The number of carbonyl (C=O) groups is 2. The maximum Gasteiger partial charge on any atom is 0.439 e. The SMILES string of the molecule is Cc1ncc(-c2cnc(N3CCCC(F)(F)CC3)c(C(=O)Nc3cccc(S(C)(=O)=NC(=O)O)c3)c2C)o1. The molecule has 3 heterocycles. The zero-order valence-corrected chi connectivity index (χ0v) is 21.8. The van der Waals surface area contributed by atoms with E-state index in [9.17, 15) is 22.6 Å². The molecule has 0 aliphatic carbocycles. The Morgan fingerprint density at radius 2 is 1.95 bits per heavy atom. The van der Waals surface area contributed by atoms with Gasteiger partial charge in [0.05, 0.1) is 21.5 Å². The van der Waals surface area contributed by atoms with Crippen LogP contribution in [0.2, 0.25) is 0 Å². The first-order valence-corrected chi connectivity index (χ1v) is 13.7. The number of hydrogen-bond donors (Lipinski definition) is 2. The molecule has 2 amide bonds. The monoisotopic (exact) mass is 547 g/mol. The number of nitrogens with one attached hydrogen (secondary N) is 1. The van der Waals surface area contributed by atoms with Crippen LogP contribution in [0.3, 0.4) is 0 Å². The number of carboxylic acid groups (broad SMARTS) is 1. The van der Waals surface area contributed by atoms with Crippen molar-refractivity contribution in [2.24, 2.45) is 4.36 Å². The van der Waals surface area contributed by atoms with Gasteiger partial charge in [-0.15, -0.1) is 4.36 Å². The number of pyridine rings is 1. The molecule has 2 aromatic heterocycles. The molecule has 3 aromatic rings. The normalized spacial score (nSPS) is 16.8. The van der Waals surface area contributed by atoms with Crippen LogP contribution in [0.15, 0.2) is 50.3 Å². The molecule has 0 saturated carbocycles. The molecule has 13 heteroatoms. The lowest BCUT2D eigenvalue weighted by molar-refractivity contribution is -0.0102. The Bertz CT molecular complexity index is 1510. The van der Waals surface area contributed by atoms with Crippen LogP contribution in [-0.2, 0) is 9.73 Å². The van der Waals surface area contributed by atoms with Crippen molar-refractivity contribution >= 4 is 33.2 Å². The number of alkyl halides is 2. The summed E-state index contributed by atoms with van der Waals surface area (Å²) < 4.78 is 49.8. The smallest absolute Gasteiger partial charge is 0.439 e. The van der Waals surface area contributed by atoms with Crippen molar-refractivity contribution in [1.82, 2.24) is 9.97 Å². The van der Waals surface area contributed by atoms with Gasteiger partial charge in [0.15, 0.2) is 11.7 Å². The molecular weight excluding hydrogens is 520 g/mol. The second-order valence-corrected chi connectivity index (χ2v) is 11.4. The minimum absolute atomic E-state index is 0.0184. The molecule has 0 bridgehead atoms. The van der Waals surface area contributed by atoms with E-state index in [0.29, 0.717) is 29.3 Å². The molecule has 1 aromatic carbocycles. The molecule has 1 unspecified atom stereocenters. The summed E-state index contributed by atoms with van der Waals surface area (Å²) in [7, 11) is -3.26. The molecule has 1 fully saturated rings. The number of amides is 2. The maximum atomic E-state index is 14.1. The number of benzene rings is 1. The molecule has 2 N–H and O–H groups in total. The Morgan fingerprint density at radius 1 is 1.18 bits per heavy atom. The number of aryl methyl sites for hydroxylation is 1. The highest BCUT2D eigenvalue weighted by atomic mass is 32.2. The predicted octanol–water partition coefficient (Wildman–Crippen LogP) is 5.37. The van der Waals surface area contributed by atoms with Gasteiger partial charge in [0.1, 0.15) is 5.82 Å². The first-order valence-electron chi connectivity index (χ1n) is 11.8. The van der Waals surface area contributed by atoms with E-state index in [0.717, 1.165) is 0 Å². The highest BCUT2D eigenvalue weighted by molar-refractivity contribution is 7.93. The van der Waals surface area contributed by atoms with Crippen LogP contribution in [0, 0.1) is 13.8 Å². The van der Waals surface area contributed by atoms with Crippen LogP contribution in [0.25, 0.3) is 11.3 Å². The van der Waals surface area contributed by atoms with Crippen molar-refractivity contribution in [1.29, 1.82) is 0 Å². The van der Waals surface area contributed by atoms with Gasteiger partial charge in [-0.1, -0.05) is 6.07 Å². The first kappa shape index (κ1) is 27.2. The number of rotatable bonds is 5. The number of carbonyl (C=O) groups excluding carboxylic acids is 1. The van der Waals surface area contributed by atoms with E-state index in [2.05, 4.69) is 19.6 Å². The number of hydrogen-bond acceptors (Lipinski definition) is 7. The van der Waals surface area contributed by atoms with Gasteiger partial charge in [-0.2, -0.15) is 0 Å². The summed E-state index contributed by atoms with van der Waals surface area (Å²) in [6, 6.07) is 5.90. The van der Waals surface area contributed by atoms with E-state index < -0.39 is 27.7 Å². The third kappa shape index (κ3) is 5.98. The molecule has 38 heavy (non-hydrogen) atoms. The molecule has 0 radical (unpaired) electrons. The third-order valence-electron chi connectivity index (χ3n) is 6.23. The Balaban J connectivity index is 1.76. The standard InChI is InChI=1S/C25H27F2N5O5S/c1-15-19(20-14-28-16(2)37-20)13-29-22(32-10-5-8-25(26,27)9-11-32)21(15)23(33)30-17-6-4-7-18(12-17)38(3,36)31-24(34)35/h4,6-7,12-14H,5,8-11H2,1-3H3,(H,30,33)(H,34,35). The van der Waals surface area contributed by atoms with Gasteiger partial charge in [0.2, 0.25) is 5.92 Å². The zero-order chi connectivity index (χ0) is 27.7. The lowest BCUT2D eigenvalue weighted by Crippen LogP contribution is -2.30. The van der Waals surface area contributed by atoms with Gasteiger partial charge in [-0.3, -0.25) is 4.79 Å². The van der Waals surface area contributed by atoms with Crippen LogP contribution in [0.4, 0.5) is 25.1 Å². The van der Waals surface area contributed by atoms with Crippen LogP contribution in [0.1, 0.15) is 41.1 Å². The summed E-state index contributed by atoms with van der Waals surface area (Å²) in [6.07, 6.45) is 2.29. The van der Waals surface area contributed by atoms with Gasteiger partial charge in [0, 0.05) is 61.5 Å². The summed E-state index contributed by atoms with van der Waals surface area (Å²) in [5, 5.41) is 11.7. The van der Waals surface area contributed by atoms with Gasteiger partial charge < -0.3 is 19.7 Å². The van der Waals surface area contributed by atoms with Crippen LogP contribution in [-0.4, -0.2) is 56.6 Å². The molecule has 1 aliphatic heterocycles. The van der Waals surface area contributed by atoms with E-state index >= 15 is 0 Å². The highest BCUT2D eigenvalue weighted by Gasteiger charge is 2.34. The van der Waals surface area contributed by atoms with Crippen LogP contribution < -0.4 is 10.2 Å². The molecule has 202 valence electrons. The van der Waals surface area contributed by atoms with Crippen molar-refractivity contribution in [2.75, 3.05) is 29.6 Å². The molecule has 1 saturated heterocycles. The lowest BCUT2D eigenvalue weighted by atomic mass is 10.0. The first-order chi connectivity index (χ1) is 17.9. The Kier molecular flexibility index (Phi) is 7.49. The molecular formula is C25H27F2N5O5S. The molecule has 1 atom stereocenters. The third-order valence-corrected chi connectivity index (χ3v) is 7.86. The quantitative estimate of drug-likeness (QED) is 0.435. The highest BCUT2D eigenvalue weighted by Crippen LogP contribution is 2.35. The number of nitrogens with zero attached hydrogens (tertiary/aromatic N) is 4. The summed E-state index contributed by atoms with van der Waals surface area (Å²) >= 11 is 0. The van der Waals surface area contributed by atoms with E-state index in [1.165, 1.54) is 36.8 Å². The van der Waals surface area contributed by atoms with Crippen LogP contribution >= 0.6 is 0 Å². The minimum Gasteiger partial charge on any atom is -0.463 e. The summed E-state index contributed by atoms with van der Waals surface area (Å²) in [4.78, 5) is 35.1. The number of halogens is 2. The summed E-state index contributed by atoms with van der Waals surface area (Å²) in [5.41, 5.74) is 1.44. The average molecular weight is 548 g/mol. The second kappa shape index (κ2) is 10.5. The average Bonchev–Trinajstić information content (AvgIpc) is 3.17. The van der Waals surface area contributed by atoms with Crippen molar-refractivity contribution in [2.45, 2.75) is 43.9 Å². The summed E-state index contributed by atoms with van der Waals surface area (Å²) in [5.74, 6) is -2.28. The summed E-state index contributed by atoms with van der Waals surface area (Å²) in [6.45, 7) is 3.71. The van der Waals surface area contributed by atoms with Gasteiger partial charge in [-0.25, -0.2) is 27.8 Å². The lowest BCUT2D eigenvalue weighted by Gasteiger charge is -2.25. The minimum atomic E-state index is -3.26. The van der Waals surface area contributed by atoms with E-state index in [1.807, 2.05) is 0 Å². The van der Waals surface area contributed by atoms with Gasteiger partial charge in [0.25, 0.3) is 5.91 Å². The van der Waals surface area contributed by atoms with Crippen molar-refractivity contribution in [3.8, 4) is 11.3 Å². The van der Waals surface area contributed by atoms with Crippen LogP contribution in [0.5, 0.6) is 0 Å². The van der Waals surface area contributed by atoms with Gasteiger partial charge >= 0.3 is 6.09 Å². The molecule has 1 aliphatic rings. The molecule has 10 nitrogen and oxygen atoms in total. The number of aromatic nitrogens is 2. The second-order valence-electron chi connectivity index (χ2n) is 9.09. The number of anilines is 2. The largest absolute Gasteiger partial charge is 0.463 e. The van der Waals surface area contributed by atoms with E-state index in [4.69, 9.17) is 9.52 Å². The fourth-order valence-electron chi connectivity index (χ4n) is 4.32.